The largest absolute Gasteiger partial charge is 0.416 e. The molecule has 1 heterocycles. The van der Waals surface area contributed by atoms with Crippen molar-refractivity contribution < 1.29 is 17.9 Å². The maximum Gasteiger partial charge on any atom is 0.416 e. The van der Waals surface area contributed by atoms with Crippen LogP contribution in [0.4, 0.5) is 18.9 Å². The van der Waals surface area contributed by atoms with Crippen LogP contribution in [0, 0.1) is 0 Å². The Balaban J connectivity index is 1.65. The summed E-state index contributed by atoms with van der Waals surface area (Å²) in [6.07, 6.45) is -4.33. The Morgan fingerprint density at radius 1 is 1.03 bits per heavy atom. The quantitative estimate of drug-likeness (QED) is 0.551. The lowest BCUT2D eigenvalue weighted by atomic mass is 10.1. The van der Waals surface area contributed by atoms with Gasteiger partial charge in [-0.3, -0.25) is 0 Å². The predicted octanol–water partition coefficient (Wildman–Crippen LogP) is 3.80. The minimum atomic E-state index is -4.33. The van der Waals surface area contributed by atoms with Gasteiger partial charge >= 0.3 is 6.18 Å². The predicted molar refractivity (Wildman–Crippen MR) is 113 cm³/mol. The normalized spacial score (nSPS) is 15.2. The fourth-order valence-corrected chi connectivity index (χ4v) is 3.26. The monoisotopic (exact) mass is 420 g/mol. The highest BCUT2D eigenvalue weighted by atomic mass is 19.4. The number of ether oxygens (including phenoxy) is 1. The van der Waals surface area contributed by atoms with Gasteiger partial charge in [0.25, 0.3) is 0 Å². The minimum Gasteiger partial charge on any atom is -0.378 e. The summed E-state index contributed by atoms with van der Waals surface area (Å²) >= 11 is 0. The van der Waals surface area contributed by atoms with E-state index in [9.17, 15) is 13.2 Å². The number of nitrogens with zero attached hydrogens (tertiary/aromatic N) is 2. The van der Waals surface area contributed by atoms with Crippen molar-refractivity contribution in [2.24, 2.45) is 4.99 Å². The lowest BCUT2D eigenvalue weighted by Crippen LogP contribution is -2.39. The van der Waals surface area contributed by atoms with Gasteiger partial charge in [0, 0.05) is 31.9 Å². The molecular weight excluding hydrogens is 393 g/mol. The first-order valence-corrected chi connectivity index (χ1v) is 10.1. The highest BCUT2D eigenvalue weighted by Gasteiger charge is 2.29. The summed E-state index contributed by atoms with van der Waals surface area (Å²) in [5, 5.41) is 6.51. The van der Waals surface area contributed by atoms with Crippen LogP contribution in [0.1, 0.15) is 23.6 Å². The van der Waals surface area contributed by atoms with E-state index in [1.165, 1.54) is 17.8 Å². The van der Waals surface area contributed by atoms with Gasteiger partial charge in [-0.05, 0) is 36.2 Å². The van der Waals surface area contributed by atoms with Gasteiger partial charge in [0.2, 0.25) is 0 Å². The number of nitrogens with one attached hydrogen (secondary N) is 2. The molecule has 162 valence electrons. The van der Waals surface area contributed by atoms with E-state index < -0.39 is 11.7 Å². The maximum absolute atomic E-state index is 12.7. The average molecular weight is 420 g/mol. The zero-order chi connectivity index (χ0) is 21.4. The number of benzene rings is 2. The molecule has 8 heteroatoms. The number of hydrogen-bond donors (Lipinski definition) is 2. The van der Waals surface area contributed by atoms with E-state index in [2.05, 4.69) is 32.7 Å². The molecule has 0 aromatic heterocycles. The highest BCUT2D eigenvalue weighted by molar-refractivity contribution is 5.80. The van der Waals surface area contributed by atoms with Crippen molar-refractivity contribution in [1.29, 1.82) is 0 Å². The van der Waals surface area contributed by atoms with Crippen molar-refractivity contribution in [3.8, 4) is 0 Å². The summed E-state index contributed by atoms with van der Waals surface area (Å²) < 4.78 is 43.6. The smallest absolute Gasteiger partial charge is 0.378 e. The second-order valence-corrected chi connectivity index (χ2v) is 6.97. The molecule has 3 rings (SSSR count). The van der Waals surface area contributed by atoms with Crippen LogP contribution in [-0.4, -0.2) is 38.8 Å². The third-order valence-corrected chi connectivity index (χ3v) is 4.83. The van der Waals surface area contributed by atoms with Crippen molar-refractivity contribution in [2.45, 2.75) is 26.2 Å². The molecule has 1 saturated heterocycles. The van der Waals surface area contributed by atoms with Crippen LogP contribution in [0.2, 0.25) is 0 Å². The topological polar surface area (TPSA) is 48.9 Å². The van der Waals surface area contributed by atoms with E-state index in [1.54, 1.807) is 0 Å². The fourth-order valence-electron chi connectivity index (χ4n) is 3.26. The number of hydrogen-bond acceptors (Lipinski definition) is 3. The fraction of sp³-hybridized carbons (Fsp3) is 0.409. The van der Waals surface area contributed by atoms with Gasteiger partial charge < -0.3 is 20.3 Å². The number of aliphatic imine (C=N–C) groups is 1. The summed E-state index contributed by atoms with van der Waals surface area (Å²) in [6.45, 7) is 6.70. The molecule has 0 unspecified atom stereocenters. The Morgan fingerprint density at radius 2 is 1.73 bits per heavy atom. The number of alkyl halides is 3. The molecule has 0 spiro atoms. The molecule has 0 bridgehead atoms. The van der Waals surface area contributed by atoms with E-state index >= 15 is 0 Å². The Morgan fingerprint density at radius 3 is 2.40 bits per heavy atom. The van der Waals surface area contributed by atoms with Gasteiger partial charge in [-0.15, -0.1) is 0 Å². The lowest BCUT2D eigenvalue weighted by molar-refractivity contribution is -0.137. The minimum absolute atomic E-state index is 0.290. The molecule has 0 saturated carbocycles. The molecule has 1 aliphatic rings. The van der Waals surface area contributed by atoms with Gasteiger partial charge in [0.1, 0.15) is 0 Å². The Bertz CT molecular complexity index is 831. The molecule has 5 nitrogen and oxygen atoms in total. The second kappa shape index (κ2) is 10.3. The number of para-hydroxylation sites is 1. The number of morpholine rings is 1. The number of anilines is 1. The number of guanidine groups is 1. The summed E-state index contributed by atoms with van der Waals surface area (Å²) in [6, 6.07) is 13.3. The zero-order valence-electron chi connectivity index (χ0n) is 17.0. The average Bonchev–Trinajstić information content (AvgIpc) is 2.76. The van der Waals surface area contributed by atoms with Gasteiger partial charge in [0.15, 0.2) is 5.96 Å². The Hall–Kier alpha value is -2.74. The van der Waals surface area contributed by atoms with E-state index in [1.807, 2.05) is 19.1 Å². The van der Waals surface area contributed by atoms with Crippen LogP contribution >= 0.6 is 0 Å². The van der Waals surface area contributed by atoms with Gasteiger partial charge in [-0.1, -0.05) is 30.3 Å². The Labute approximate surface area is 174 Å². The molecule has 30 heavy (non-hydrogen) atoms. The van der Waals surface area contributed by atoms with Crippen LogP contribution in [0.3, 0.4) is 0 Å². The summed E-state index contributed by atoms with van der Waals surface area (Å²) in [7, 11) is 0. The van der Waals surface area contributed by atoms with Crippen molar-refractivity contribution in [1.82, 2.24) is 10.6 Å². The molecule has 1 aliphatic heterocycles. The maximum atomic E-state index is 12.7. The molecular formula is C22H27F3N4O. The van der Waals surface area contributed by atoms with Crippen LogP contribution in [0.25, 0.3) is 0 Å². The summed E-state index contributed by atoms with van der Waals surface area (Å²) in [4.78, 5) is 6.82. The van der Waals surface area contributed by atoms with Gasteiger partial charge in [-0.2, -0.15) is 13.2 Å². The Kier molecular flexibility index (Phi) is 7.57. The van der Waals surface area contributed by atoms with Crippen LogP contribution in [-0.2, 0) is 24.0 Å². The molecule has 0 radical (unpaired) electrons. The second-order valence-electron chi connectivity index (χ2n) is 6.97. The van der Waals surface area contributed by atoms with E-state index in [4.69, 9.17) is 4.74 Å². The third kappa shape index (κ3) is 6.13. The van der Waals surface area contributed by atoms with Crippen LogP contribution in [0.15, 0.2) is 53.5 Å². The lowest BCUT2D eigenvalue weighted by Gasteiger charge is -2.30. The van der Waals surface area contributed by atoms with Crippen LogP contribution < -0.4 is 15.5 Å². The first-order valence-electron chi connectivity index (χ1n) is 10.1. The van der Waals surface area contributed by atoms with Crippen molar-refractivity contribution in [3.05, 3.63) is 65.2 Å². The van der Waals surface area contributed by atoms with E-state index in [0.717, 1.165) is 44.0 Å². The standard InChI is InChI=1S/C22H27F3N4O/c1-2-26-21(27-15-17-7-9-19(10-8-17)22(23,24)25)28-16-18-5-3-4-6-20(18)29-11-13-30-14-12-29/h3-10H,2,11-16H2,1H3,(H2,26,27,28). The molecule has 2 aromatic carbocycles. The molecule has 2 N–H and O–H groups in total. The van der Waals surface area contributed by atoms with Crippen LogP contribution in [0.5, 0.6) is 0 Å². The number of rotatable bonds is 6. The van der Waals surface area contributed by atoms with Gasteiger partial charge in [0.05, 0.1) is 25.3 Å². The highest BCUT2D eigenvalue weighted by Crippen LogP contribution is 2.29. The van der Waals surface area contributed by atoms with Crippen molar-refractivity contribution in [2.75, 3.05) is 37.7 Å². The molecule has 0 aliphatic carbocycles. The third-order valence-electron chi connectivity index (χ3n) is 4.83. The molecule has 0 atom stereocenters. The number of halogens is 3. The van der Waals surface area contributed by atoms with Crippen molar-refractivity contribution >= 4 is 11.6 Å². The summed E-state index contributed by atoms with van der Waals surface area (Å²) in [5.41, 5.74) is 2.39. The van der Waals surface area contributed by atoms with Crippen molar-refractivity contribution in [3.63, 3.8) is 0 Å². The molecule has 2 aromatic rings. The molecule has 0 amide bonds. The first kappa shape index (κ1) is 22.0. The zero-order valence-corrected chi connectivity index (χ0v) is 17.0. The molecule has 1 fully saturated rings. The summed E-state index contributed by atoms with van der Waals surface area (Å²) in [5.74, 6) is 0.620. The van der Waals surface area contributed by atoms with E-state index in [0.29, 0.717) is 31.2 Å². The van der Waals surface area contributed by atoms with E-state index in [-0.39, 0.29) is 0 Å². The SMILES string of the molecule is CCNC(=NCc1ccc(C(F)(F)F)cc1)NCc1ccccc1N1CCOCC1. The first-order chi connectivity index (χ1) is 14.5. The van der Waals surface area contributed by atoms with Gasteiger partial charge in [-0.25, -0.2) is 4.99 Å².